The van der Waals surface area contributed by atoms with Gasteiger partial charge in [-0.15, -0.1) is 15.3 Å². The lowest BCUT2D eigenvalue weighted by molar-refractivity contribution is -0.146. The zero-order valence-electron chi connectivity index (χ0n) is 16.3. The highest BCUT2D eigenvalue weighted by molar-refractivity contribution is 5.46. The number of fused-ring (bicyclic) bond motifs is 1. The van der Waals surface area contributed by atoms with E-state index in [0.717, 1.165) is 30.6 Å². The number of anilines is 1. The van der Waals surface area contributed by atoms with Crippen LogP contribution in [0.5, 0.6) is 0 Å². The number of halogens is 3. The number of nitrogens with zero attached hydrogens (tertiary/aromatic N) is 6. The van der Waals surface area contributed by atoms with Crippen LogP contribution >= 0.6 is 0 Å². The fraction of sp³-hybridized carbons (Fsp3) is 0.450. The molecule has 0 unspecified atom stereocenters. The Morgan fingerprint density at radius 2 is 1.86 bits per heavy atom. The number of hydrogen-bond acceptors (Lipinski definition) is 5. The van der Waals surface area contributed by atoms with E-state index in [2.05, 4.69) is 39.3 Å². The van der Waals surface area contributed by atoms with E-state index in [4.69, 9.17) is 0 Å². The van der Waals surface area contributed by atoms with E-state index in [0.29, 0.717) is 11.7 Å². The second-order valence-electron chi connectivity index (χ2n) is 7.65. The van der Waals surface area contributed by atoms with Crippen molar-refractivity contribution in [3.63, 3.8) is 0 Å². The molecule has 0 spiro atoms. The van der Waals surface area contributed by atoms with Crippen molar-refractivity contribution in [1.29, 1.82) is 0 Å². The molecule has 3 heterocycles. The van der Waals surface area contributed by atoms with Gasteiger partial charge in [-0.1, -0.05) is 37.3 Å². The van der Waals surface area contributed by atoms with Crippen LogP contribution < -0.4 is 4.90 Å². The molecular weight excluding hydrogens is 381 g/mol. The van der Waals surface area contributed by atoms with Crippen LogP contribution in [0.3, 0.4) is 0 Å². The Bertz CT molecular complexity index is 971. The lowest BCUT2D eigenvalue weighted by Crippen LogP contribution is -2.51. The average Bonchev–Trinajstić information content (AvgIpc) is 3.13. The van der Waals surface area contributed by atoms with Crippen molar-refractivity contribution in [2.24, 2.45) is 5.92 Å². The Balaban J connectivity index is 1.56. The third kappa shape index (κ3) is 4.05. The van der Waals surface area contributed by atoms with Crippen LogP contribution in [0.15, 0.2) is 42.5 Å². The molecular formula is C20H23F3N6. The molecule has 29 heavy (non-hydrogen) atoms. The summed E-state index contributed by atoms with van der Waals surface area (Å²) in [5.41, 5.74) is 1.33. The third-order valence-corrected chi connectivity index (χ3v) is 5.61. The number of hydrogen-bond donors (Lipinski definition) is 0. The summed E-state index contributed by atoms with van der Waals surface area (Å²) in [7, 11) is 1.89. The molecule has 0 N–H and O–H groups in total. The van der Waals surface area contributed by atoms with Crippen molar-refractivity contribution in [3.05, 3.63) is 53.9 Å². The molecule has 1 saturated heterocycles. The van der Waals surface area contributed by atoms with Crippen molar-refractivity contribution in [2.75, 3.05) is 25.0 Å². The Morgan fingerprint density at radius 1 is 1.10 bits per heavy atom. The van der Waals surface area contributed by atoms with Crippen LogP contribution in [-0.4, -0.2) is 50.9 Å². The lowest BCUT2D eigenvalue weighted by Gasteiger charge is -2.42. The van der Waals surface area contributed by atoms with Gasteiger partial charge in [-0.3, -0.25) is 4.90 Å². The first-order chi connectivity index (χ1) is 13.8. The second-order valence-corrected chi connectivity index (χ2v) is 7.65. The zero-order valence-corrected chi connectivity index (χ0v) is 16.3. The third-order valence-electron chi connectivity index (χ3n) is 5.61. The monoisotopic (exact) mass is 404 g/mol. The van der Waals surface area contributed by atoms with Gasteiger partial charge in [-0.25, -0.2) is 0 Å². The van der Waals surface area contributed by atoms with Gasteiger partial charge in [0.1, 0.15) is 5.82 Å². The van der Waals surface area contributed by atoms with Crippen LogP contribution in [-0.2, 0) is 12.7 Å². The molecule has 154 valence electrons. The van der Waals surface area contributed by atoms with Crippen molar-refractivity contribution >= 4 is 11.5 Å². The fourth-order valence-corrected chi connectivity index (χ4v) is 3.92. The predicted octanol–water partition coefficient (Wildman–Crippen LogP) is 3.49. The summed E-state index contributed by atoms with van der Waals surface area (Å²) in [6.45, 7) is 4.85. The van der Waals surface area contributed by atoms with E-state index >= 15 is 0 Å². The molecule has 9 heteroatoms. The fourth-order valence-electron chi connectivity index (χ4n) is 3.92. The van der Waals surface area contributed by atoms with Gasteiger partial charge in [0.25, 0.3) is 5.82 Å². The Hall–Kier alpha value is -2.68. The second kappa shape index (κ2) is 7.62. The van der Waals surface area contributed by atoms with Gasteiger partial charge < -0.3 is 4.90 Å². The average molecular weight is 404 g/mol. The number of piperidine rings is 1. The summed E-state index contributed by atoms with van der Waals surface area (Å²) < 4.78 is 40.3. The normalized spacial score (nSPS) is 20.9. The van der Waals surface area contributed by atoms with E-state index in [1.807, 2.05) is 30.1 Å². The summed E-state index contributed by atoms with van der Waals surface area (Å²) in [6, 6.07) is 13.6. The summed E-state index contributed by atoms with van der Waals surface area (Å²) in [5.74, 6) is -0.237. The molecule has 6 nitrogen and oxygen atoms in total. The first-order valence-corrected chi connectivity index (χ1v) is 9.61. The number of likely N-dealkylation sites (tertiary alicyclic amines) is 1. The Kier molecular flexibility index (Phi) is 5.16. The highest BCUT2D eigenvalue weighted by Crippen LogP contribution is 2.29. The molecule has 0 radical (unpaired) electrons. The van der Waals surface area contributed by atoms with E-state index < -0.39 is 12.0 Å². The molecule has 4 rings (SSSR count). The molecule has 1 aromatic carbocycles. The van der Waals surface area contributed by atoms with Gasteiger partial charge in [0.15, 0.2) is 5.65 Å². The van der Waals surface area contributed by atoms with Gasteiger partial charge in [-0.05, 0) is 36.6 Å². The Morgan fingerprint density at radius 3 is 2.59 bits per heavy atom. The van der Waals surface area contributed by atoms with Gasteiger partial charge in [0.05, 0.1) is 0 Å². The molecule has 2 atom stereocenters. The SMILES string of the molecule is C[C@@H]1CCN(Cc2ccccc2)C[C@@H]1N(C)c1ccc2nnc(C(F)(F)F)n2n1. The molecule has 0 amide bonds. The zero-order chi connectivity index (χ0) is 20.6. The molecule has 0 saturated carbocycles. The quantitative estimate of drug-likeness (QED) is 0.666. The topological polar surface area (TPSA) is 49.6 Å². The molecule has 1 fully saturated rings. The van der Waals surface area contributed by atoms with Crippen LogP contribution in [0.4, 0.5) is 19.0 Å². The number of likely N-dealkylation sites (N-methyl/N-ethyl adjacent to an activating group) is 1. The standard InChI is InChI=1S/C20H23F3N6/c1-14-10-11-28(12-15-6-4-3-5-7-15)13-16(14)27(2)18-9-8-17-24-25-19(20(21,22)23)29(17)26-18/h3-9,14,16H,10-13H2,1-2H3/t14-,16+/m1/s1. The molecule has 0 aliphatic carbocycles. The number of aromatic nitrogens is 4. The highest BCUT2D eigenvalue weighted by Gasteiger charge is 2.38. The highest BCUT2D eigenvalue weighted by atomic mass is 19.4. The maximum atomic E-state index is 13.2. The largest absolute Gasteiger partial charge is 0.453 e. The lowest BCUT2D eigenvalue weighted by atomic mass is 9.92. The van der Waals surface area contributed by atoms with Gasteiger partial charge in [0, 0.05) is 26.2 Å². The van der Waals surface area contributed by atoms with Crippen LogP contribution in [0.1, 0.15) is 24.7 Å². The van der Waals surface area contributed by atoms with Crippen molar-refractivity contribution in [1.82, 2.24) is 24.7 Å². The molecule has 3 aromatic rings. The first kappa shape index (κ1) is 19.6. The maximum Gasteiger partial charge on any atom is 0.453 e. The molecule has 2 aromatic heterocycles. The molecule has 1 aliphatic rings. The van der Waals surface area contributed by atoms with Crippen LogP contribution in [0, 0.1) is 5.92 Å². The van der Waals surface area contributed by atoms with E-state index in [-0.39, 0.29) is 11.7 Å². The summed E-state index contributed by atoms with van der Waals surface area (Å²) in [5, 5.41) is 11.0. The van der Waals surface area contributed by atoms with E-state index in [1.54, 1.807) is 6.07 Å². The van der Waals surface area contributed by atoms with Gasteiger partial charge in [-0.2, -0.15) is 17.7 Å². The molecule has 0 bridgehead atoms. The van der Waals surface area contributed by atoms with E-state index in [1.165, 1.54) is 11.6 Å². The summed E-state index contributed by atoms with van der Waals surface area (Å²) in [4.78, 5) is 4.36. The number of alkyl halides is 3. The number of benzene rings is 1. The number of rotatable bonds is 4. The summed E-state index contributed by atoms with van der Waals surface area (Å²) in [6.07, 6.45) is -3.58. The maximum absolute atomic E-state index is 13.2. The minimum absolute atomic E-state index is 0.0804. The minimum atomic E-state index is -4.60. The van der Waals surface area contributed by atoms with Gasteiger partial charge >= 0.3 is 6.18 Å². The smallest absolute Gasteiger partial charge is 0.354 e. The van der Waals surface area contributed by atoms with E-state index in [9.17, 15) is 13.2 Å². The Labute approximate surface area is 166 Å². The van der Waals surface area contributed by atoms with Crippen molar-refractivity contribution < 1.29 is 13.2 Å². The first-order valence-electron chi connectivity index (χ1n) is 9.61. The van der Waals surface area contributed by atoms with Gasteiger partial charge in [0.2, 0.25) is 0 Å². The van der Waals surface area contributed by atoms with Crippen LogP contribution in [0.2, 0.25) is 0 Å². The molecule has 1 aliphatic heterocycles. The van der Waals surface area contributed by atoms with Crippen molar-refractivity contribution in [3.8, 4) is 0 Å². The summed E-state index contributed by atoms with van der Waals surface area (Å²) >= 11 is 0. The van der Waals surface area contributed by atoms with Crippen LogP contribution in [0.25, 0.3) is 5.65 Å². The minimum Gasteiger partial charge on any atom is -0.354 e. The predicted molar refractivity (Wildman–Crippen MR) is 103 cm³/mol. The van der Waals surface area contributed by atoms with Crippen molar-refractivity contribution in [2.45, 2.75) is 32.1 Å².